The van der Waals surface area contributed by atoms with Gasteiger partial charge in [-0.25, -0.2) is 9.97 Å². The Morgan fingerprint density at radius 2 is 1.97 bits per heavy atom. The third-order valence-electron chi connectivity index (χ3n) is 5.30. The van der Waals surface area contributed by atoms with E-state index >= 15 is 0 Å². The van der Waals surface area contributed by atoms with Crippen molar-refractivity contribution in [1.29, 1.82) is 0 Å². The van der Waals surface area contributed by atoms with Gasteiger partial charge in [0.15, 0.2) is 0 Å². The van der Waals surface area contributed by atoms with Gasteiger partial charge in [-0.05, 0) is 43.2 Å². The predicted molar refractivity (Wildman–Crippen MR) is 116 cm³/mol. The van der Waals surface area contributed by atoms with Crippen LogP contribution in [0, 0.1) is 0 Å². The lowest BCUT2D eigenvalue weighted by molar-refractivity contribution is -0.137. The lowest BCUT2D eigenvalue weighted by Gasteiger charge is -2.21. The number of nitrogen functional groups attached to an aromatic ring is 1. The molecule has 1 saturated heterocycles. The number of benzene rings is 1. The highest BCUT2D eigenvalue weighted by molar-refractivity contribution is 5.97. The molecular formula is C21H22F3N7O. The van der Waals surface area contributed by atoms with Crippen LogP contribution in [0.1, 0.15) is 36.9 Å². The van der Waals surface area contributed by atoms with Crippen molar-refractivity contribution in [1.82, 2.24) is 15.0 Å². The van der Waals surface area contributed by atoms with E-state index in [0.29, 0.717) is 47.5 Å². The Bertz CT molecular complexity index is 1180. The zero-order valence-electron chi connectivity index (χ0n) is 17.5. The van der Waals surface area contributed by atoms with Crippen molar-refractivity contribution in [2.24, 2.45) is 0 Å². The molecule has 1 fully saturated rings. The van der Waals surface area contributed by atoms with E-state index in [2.05, 4.69) is 25.6 Å². The number of rotatable bonds is 5. The molecule has 1 amide bonds. The number of nitrogens with two attached hydrogens (primary N) is 1. The molecule has 1 aromatic carbocycles. The lowest BCUT2D eigenvalue weighted by atomic mass is 10.0. The fraction of sp³-hybridized carbons (Fsp3) is 0.333. The standard InChI is InChI=1S/C21H22F3N7O/c1-11(12-6-13(21(22,23)24)8-14(25)7-12)28-19-15-9-17(26-2)27-10-16(15)29-20(30-19)31-5-3-4-18(31)32/h6-11H,3-5,25H2,1-2H3,(H,26,27)(H,28,29,30)/t11-/m1/s1. The van der Waals surface area contributed by atoms with Crippen LogP contribution >= 0.6 is 0 Å². The third kappa shape index (κ3) is 4.23. The first-order valence-corrected chi connectivity index (χ1v) is 10.1. The largest absolute Gasteiger partial charge is 0.416 e. The molecule has 0 saturated carbocycles. The number of hydrogen-bond donors (Lipinski definition) is 3. The van der Waals surface area contributed by atoms with E-state index in [1.807, 2.05) is 0 Å². The maximum Gasteiger partial charge on any atom is 0.416 e. The Kier molecular flexibility index (Phi) is 5.49. The Morgan fingerprint density at radius 1 is 1.19 bits per heavy atom. The summed E-state index contributed by atoms with van der Waals surface area (Å²) < 4.78 is 39.7. The van der Waals surface area contributed by atoms with Gasteiger partial charge >= 0.3 is 6.18 Å². The number of fused-ring (bicyclic) bond motifs is 1. The van der Waals surface area contributed by atoms with E-state index in [9.17, 15) is 18.0 Å². The summed E-state index contributed by atoms with van der Waals surface area (Å²) >= 11 is 0. The molecule has 4 rings (SSSR count). The monoisotopic (exact) mass is 445 g/mol. The number of carbonyl (C=O) groups is 1. The van der Waals surface area contributed by atoms with Gasteiger partial charge in [-0.3, -0.25) is 9.69 Å². The summed E-state index contributed by atoms with van der Waals surface area (Å²) in [4.78, 5) is 27.0. The summed E-state index contributed by atoms with van der Waals surface area (Å²) in [6, 6.07) is 4.62. The topological polar surface area (TPSA) is 109 Å². The van der Waals surface area contributed by atoms with E-state index in [4.69, 9.17) is 5.73 Å². The normalized spacial score (nSPS) is 15.3. The average Bonchev–Trinajstić information content (AvgIpc) is 3.18. The molecule has 0 aliphatic carbocycles. The van der Waals surface area contributed by atoms with Gasteiger partial charge in [0.2, 0.25) is 11.9 Å². The van der Waals surface area contributed by atoms with Crippen molar-refractivity contribution in [3.63, 3.8) is 0 Å². The van der Waals surface area contributed by atoms with Crippen LogP contribution in [0.25, 0.3) is 10.9 Å². The molecule has 8 nitrogen and oxygen atoms in total. The van der Waals surface area contributed by atoms with Crippen LogP contribution in [0.5, 0.6) is 0 Å². The van der Waals surface area contributed by atoms with Crippen molar-refractivity contribution >= 4 is 40.1 Å². The highest BCUT2D eigenvalue weighted by Gasteiger charge is 2.31. The quantitative estimate of drug-likeness (QED) is 0.510. The molecule has 4 N–H and O–H groups in total. The van der Waals surface area contributed by atoms with Crippen LogP contribution in [0.4, 0.5) is 36.4 Å². The number of amides is 1. The van der Waals surface area contributed by atoms with Crippen LogP contribution < -0.4 is 21.3 Å². The molecule has 1 aliphatic heterocycles. The number of nitrogens with zero attached hydrogens (tertiary/aromatic N) is 4. The maximum absolute atomic E-state index is 13.2. The Morgan fingerprint density at radius 3 is 2.62 bits per heavy atom. The smallest absolute Gasteiger partial charge is 0.399 e. The van der Waals surface area contributed by atoms with E-state index in [0.717, 1.165) is 12.1 Å². The van der Waals surface area contributed by atoms with Gasteiger partial charge in [0, 0.05) is 31.1 Å². The summed E-state index contributed by atoms with van der Waals surface area (Å²) in [7, 11) is 1.72. The minimum atomic E-state index is -4.51. The Hall–Kier alpha value is -3.63. The number of halogens is 3. The molecule has 0 bridgehead atoms. The highest BCUT2D eigenvalue weighted by Crippen LogP contribution is 2.34. The summed E-state index contributed by atoms with van der Waals surface area (Å²) in [6.45, 7) is 2.22. The Labute approximate surface area is 182 Å². The minimum absolute atomic E-state index is 0.0149. The first kappa shape index (κ1) is 21.6. The number of alkyl halides is 3. The zero-order valence-corrected chi connectivity index (χ0v) is 17.5. The molecule has 2 aromatic heterocycles. The van der Waals surface area contributed by atoms with Gasteiger partial charge in [-0.2, -0.15) is 18.2 Å². The third-order valence-corrected chi connectivity index (χ3v) is 5.30. The average molecular weight is 445 g/mol. The van der Waals surface area contributed by atoms with Crippen molar-refractivity contribution in [3.8, 4) is 0 Å². The molecule has 32 heavy (non-hydrogen) atoms. The Balaban J connectivity index is 1.77. The number of carbonyl (C=O) groups excluding carboxylic acids is 1. The van der Waals surface area contributed by atoms with Crippen molar-refractivity contribution in [3.05, 3.63) is 41.6 Å². The van der Waals surface area contributed by atoms with Crippen LogP contribution in [0.15, 0.2) is 30.5 Å². The second-order valence-corrected chi connectivity index (χ2v) is 7.61. The van der Waals surface area contributed by atoms with Crippen LogP contribution in [0.3, 0.4) is 0 Å². The van der Waals surface area contributed by atoms with E-state index in [-0.39, 0.29) is 17.5 Å². The van der Waals surface area contributed by atoms with Gasteiger partial charge in [0.05, 0.1) is 23.3 Å². The van der Waals surface area contributed by atoms with E-state index in [1.54, 1.807) is 26.2 Å². The second kappa shape index (κ2) is 8.13. The van der Waals surface area contributed by atoms with Gasteiger partial charge < -0.3 is 16.4 Å². The van der Waals surface area contributed by atoms with Crippen molar-refractivity contribution in [2.45, 2.75) is 32.0 Å². The molecule has 1 aliphatic rings. The summed E-state index contributed by atoms with van der Waals surface area (Å²) in [6.07, 6.45) is -1.83. The maximum atomic E-state index is 13.2. The van der Waals surface area contributed by atoms with E-state index < -0.39 is 17.8 Å². The molecule has 0 unspecified atom stereocenters. The zero-order chi connectivity index (χ0) is 23.0. The molecule has 11 heteroatoms. The summed E-state index contributed by atoms with van der Waals surface area (Å²) in [5.74, 6) is 1.11. The SMILES string of the molecule is CNc1cc2c(N[C@H](C)c3cc(N)cc(C(F)(F)F)c3)nc(N3CCCC3=O)nc2cn1. The van der Waals surface area contributed by atoms with Crippen LogP contribution in [-0.2, 0) is 11.0 Å². The fourth-order valence-electron chi connectivity index (χ4n) is 3.63. The molecule has 168 valence electrons. The minimum Gasteiger partial charge on any atom is -0.399 e. The van der Waals surface area contributed by atoms with Crippen LogP contribution in [0.2, 0.25) is 0 Å². The van der Waals surface area contributed by atoms with Gasteiger partial charge in [-0.1, -0.05) is 0 Å². The lowest BCUT2D eigenvalue weighted by Crippen LogP contribution is -2.26. The molecule has 3 aromatic rings. The first-order valence-electron chi connectivity index (χ1n) is 10.1. The van der Waals surface area contributed by atoms with Gasteiger partial charge in [0.1, 0.15) is 11.6 Å². The number of nitrogens with one attached hydrogen (secondary N) is 2. The summed E-state index contributed by atoms with van der Waals surface area (Å²) in [5.41, 5.74) is 5.78. The molecule has 0 radical (unpaired) electrons. The number of pyridine rings is 1. The second-order valence-electron chi connectivity index (χ2n) is 7.61. The first-order chi connectivity index (χ1) is 15.2. The van der Waals surface area contributed by atoms with Crippen LogP contribution in [-0.4, -0.2) is 34.5 Å². The molecule has 0 spiro atoms. The number of anilines is 4. The van der Waals surface area contributed by atoms with E-state index in [1.165, 1.54) is 11.0 Å². The molecule has 1 atom stereocenters. The number of hydrogen-bond acceptors (Lipinski definition) is 7. The van der Waals surface area contributed by atoms with Gasteiger partial charge in [0.25, 0.3) is 0 Å². The summed E-state index contributed by atoms with van der Waals surface area (Å²) in [5, 5.41) is 6.73. The van der Waals surface area contributed by atoms with Crippen molar-refractivity contribution < 1.29 is 18.0 Å². The van der Waals surface area contributed by atoms with Gasteiger partial charge in [-0.15, -0.1) is 0 Å². The molecule has 3 heterocycles. The van der Waals surface area contributed by atoms with Crippen molar-refractivity contribution in [2.75, 3.05) is 34.9 Å². The highest BCUT2D eigenvalue weighted by atomic mass is 19.4. The molecular weight excluding hydrogens is 423 g/mol. The fourth-order valence-corrected chi connectivity index (χ4v) is 3.63. The predicted octanol–water partition coefficient (Wildman–Crippen LogP) is 3.97. The number of aromatic nitrogens is 3.